The molecule has 0 spiro atoms. The van der Waals surface area contributed by atoms with Crippen LogP contribution in [0.4, 0.5) is 29.5 Å². The summed E-state index contributed by atoms with van der Waals surface area (Å²) in [5.74, 6) is 0.508. The number of carbonyl (C=O) groups is 1. The number of para-hydroxylation sites is 1. The fraction of sp³-hybridized carbons (Fsp3) is 0.0667. The standard InChI is InChI=1S/C15H11F3N6O/c16-15(17,18)10-4-1-2-5-11(10)22-14(25)23-12-8-13(20-9-19-12)24-7-3-6-21-24/h1-9H,(H2,19,20,22,23,25). The number of rotatable bonds is 3. The second kappa shape index (κ2) is 6.59. The van der Waals surface area contributed by atoms with Crippen LogP contribution in [0, 0.1) is 0 Å². The Balaban J connectivity index is 1.75. The highest BCUT2D eigenvalue weighted by atomic mass is 19.4. The highest BCUT2D eigenvalue weighted by Crippen LogP contribution is 2.34. The van der Waals surface area contributed by atoms with E-state index in [4.69, 9.17) is 0 Å². The van der Waals surface area contributed by atoms with Crippen molar-refractivity contribution in [3.05, 3.63) is 60.7 Å². The highest BCUT2D eigenvalue weighted by molar-refractivity contribution is 5.99. The van der Waals surface area contributed by atoms with Crippen LogP contribution in [-0.4, -0.2) is 25.8 Å². The fourth-order valence-electron chi connectivity index (χ4n) is 2.05. The van der Waals surface area contributed by atoms with Crippen LogP contribution >= 0.6 is 0 Å². The van der Waals surface area contributed by atoms with Gasteiger partial charge in [0.25, 0.3) is 0 Å². The zero-order chi connectivity index (χ0) is 17.9. The maximum atomic E-state index is 12.9. The van der Waals surface area contributed by atoms with E-state index in [-0.39, 0.29) is 11.5 Å². The zero-order valence-electron chi connectivity index (χ0n) is 12.5. The first-order valence-electron chi connectivity index (χ1n) is 7.00. The Kier molecular flexibility index (Phi) is 4.33. The van der Waals surface area contributed by atoms with E-state index in [9.17, 15) is 18.0 Å². The van der Waals surface area contributed by atoms with E-state index in [2.05, 4.69) is 25.7 Å². The van der Waals surface area contributed by atoms with E-state index in [1.807, 2.05) is 0 Å². The van der Waals surface area contributed by atoms with Crippen LogP contribution in [0.3, 0.4) is 0 Å². The van der Waals surface area contributed by atoms with Gasteiger partial charge in [-0.05, 0) is 18.2 Å². The smallest absolute Gasteiger partial charge is 0.307 e. The number of nitrogens with one attached hydrogen (secondary N) is 2. The van der Waals surface area contributed by atoms with Crippen LogP contribution in [-0.2, 0) is 6.18 Å². The molecule has 2 heterocycles. The molecule has 128 valence electrons. The highest BCUT2D eigenvalue weighted by Gasteiger charge is 2.33. The van der Waals surface area contributed by atoms with E-state index in [0.29, 0.717) is 5.82 Å². The SMILES string of the molecule is O=C(Nc1cc(-n2cccn2)ncn1)Nc1ccccc1C(F)(F)F. The third-order valence-electron chi connectivity index (χ3n) is 3.11. The summed E-state index contributed by atoms with van der Waals surface area (Å²) in [6.07, 6.45) is -0.176. The van der Waals surface area contributed by atoms with Gasteiger partial charge in [0.05, 0.1) is 11.3 Å². The first kappa shape index (κ1) is 16.4. The summed E-state index contributed by atoms with van der Waals surface area (Å²) in [7, 11) is 0. The van der Waals surface area contributed by atoms with Gasteiger partial charge in [-0.1, -0.05) is 12.1 Å². The number of amides is 2. The van der Waals surface area contributed by atoms with Gasteiger partial charge in [-0.15, -0.1) is 0 Å². The molecule has 0 fully saturated rings. The average Bonchev–Trinajstić information content (AvgIpc) is 3.09. The van der Waals surface area contributed by atoms with E-state index < -0.39 is 17.8 Å². The fourth-order valence-corrected chi connectivity index (χ4v) is 2.05. The molecular formula is C15H11F3N6O. The minimum absolute atomic E-state index is 0.113. The number of carbonyl (C=O) groups excluding carboxylic acids is 1. The van der Waals surface area contributed by atoms with Gasteiger partial charge in [0.2, 0.25) is 0 Å². The van der Waals surface area contributed by atoms with Crippen molar-refractivity contribution in [1.82, 2.24) is 19.7 Å². The summed E-state index contributed by atoms with van der Waals surface area (Å²) >= 11 is 0. The van der Waals surface area contributed by atoms with Crippen LogP contribution in [0.5, 0.6) is 0 Å². The second-order valence-electron chi connectivity index (χ2n) is 4.83. The quantitative estimate of drug-likeness (QED) is 0.760. The van der Waals surface area contributed by atoms with Crippen molar-refractivity contribution in [3.63, 3.8) is 0 Å². The van der Waals surface area contributed by atoms with Crippen molar-refractivity contribution in [3.8, 4) is 5.82 Å². The summed E-state index contributed by atoms with van der Waals surface area (Å²) in [5.41, 5.74) is -1.29. The van der Waals surface area contributed by atoms with Crippen molar-refractivity contribution >= 4 is 17.5 Å². The molecule has 1 aromatic carbocycles. The predicted octanol–water partition coefficient (Wildman–Crippen LogP) is 3.33. The molecule has 0 aliphatic heterocycles. The zero-order valence-corrected chi connectivity index (χ0v) is 12.5. The van der Waals surface area contributed by atoms with Crippen molar-refractivity contribution in [1.29, 1.82) is 0 Å². The Morgan fingerprint density at radius 3 is 2.60 bits per heavy atom. The molecule has 0 bridgehead atoms. The average molecular weight is 348 g/mol. The van der Waals surface area contributed by atoms with Gasteiger partial charge >= 0.3 is 12.2 Å². The molecule has 0 saturated carbocycles. The van der Waals surface area contributed by atoms with Gasteiger partial charge in [0.15, 0.2) is 5.82 Å². The largest absolute Gasteiger partial charge is 0.418 e. The van der Waals surface area contributed by atoms with Gasteiger partial charge < -0.3 is 5.32 Å². The summed E-state index contributed by atoms with van der Waals surface area (Å²) in [4.78, 5) is 19.8. The monoisotopic (exact) mass is 348 g/mol. The number of alkyl halides is 3. The maximum Gasteiger partial charge on any atom is 0.418 e. The van der Waals surface area contributed by atoms with Crippen LogP contribution < -0.4 is 10.6 Å². The summed E-state index contributed by atoms with van der Waals surface area (Å²) in [6, 6.07) is 6.95. The minimum Gasteiger partial charge on any atom is -0.307 e. The third-order valence-corrected chi connectivity index (χ3v) is 3.11. The normalized spacial score (nSPS) is 11.2. The Morgan fingerprint density at radius 2 is 1.88 bits per heavy atom. The lowest BCUT2D eigenvalue weighted by Crippen LogP contribution is -2.22. The van der Waals surface area contributed by atoms with E-state index in [1.165, 1.54) is 29.2 Å². The molecule has 3 rings (SSSR count). The second-order valence-corrected chi connectivity index (χ2v) is 4.83. The molecule has 7 nitrogen and oxygen atoms in total. The van der Waals surface area contributed by atoms with E-state index in [1.54, 1.807) is 18.5 Å². The van der Waals surface area contributed by atoms with Crippen LogP contribution in [0.2, 0.25) is 0 Å². The maximum absolute atomic E-state index is 12.9. The molecule has 25 heavy (non-hydrogen) atoms. The number of halogens is 3. The number of urea groups is 1. The van der Waals surface area contributed by atoms with Crippen molar-refractivity contribution in [2.24, 2.45) is 0 Å². The molecular weight excluding hydrogens is 337 g/mol. The lowest BCUT2D eigenvalue weighted by molar-refractivity contribution is -0.136. The van der Waals surface area contributed by atoms with Crippen molar-refractivity contribution in [2.75, 3.05) is 10.6 Å². The summed E-state index contributed by atoms with van der Waals surface area (Å²) in [5, 5.41) is 8.51. The van der Waals surface area contributed by atoms with Gasteiger partial charge in [-0.2, -0.15) is 18.3 Å². The van der Waals surface area contributed by atoms with E-state index in [0.717, 1.165) is 12.1 Å². The van der Waals surface area contributed by atoms with Gasteiger partial charge in [0.1, 0.15) is 12.1 Å². The molecule has 3 aromatic rings. The number of anilines is 2. The third kappa shape index (κ3) is 3.91. The summed E-state index contributed by atoms with van der Waals surface area (Å²) < 4.78 is 40.2. The summed E-state index contributed by atoms with van der Waals surface area (Å²) in [6.45, 7) is 0. The number of hydrogen-bond acceptors (Lipinski definition) is 4. The Morgan fingerprint density at radius 1 is 1.08 bits per heavy atom. The molecule has 0 unspecified atom stereocenters. The Bertz CT molecular complexity index is 879. The number of hydrogen-bond donors (Lipinski definition) is 2. The Hall–Kier alpha value is -3.43. The van der Waals surface area contributed by atoms with E-state index >= 15 is 0 Å². The molecule has 0 aliphatic rings. The Labute approximate surface area is 139 Å². The predicted molar refractivity (Wildman–Crippen MR) is 83.2 cm³/mol. The number of aromatic nitrogens is 4. The van der Waals surface area contributed by atoms with Crippen LogP contribution in [0.15, 0.2) is 55.1 Å². The molecule has 2 aromatic heterocycles. The molecule has 0 aliphatic carbocycles. The molecule has 2 N–H and O–H groups in total. The van der Waals surface area contributed by atoms with Crippen molar-refractivity contribution < 1.29 is 18.0 Å². The molecule has 10 heteroatoms. The van der Waals surface area contributed by atoms with Gasteiger partial charge in [0, 0.05) is 18.5 Å². The first-order chi connectivity index (χ1) is 11.9. The molecule has 2 amide bonds. The first-order valence-corrected chi connectivity index (χ1v) is 7.00. The minimum atomic E-state index is -4.58. The van der Waals surface area contributed by atoms with Crippen molar-refractivity contribution in [2.45, 2.75) is 6.18 Å². The van der Waals surface area contributed by atoms with Crippen LogP contribution in [0.25, 0.3) is 5.82 Å². The number of benzene rings is 1. The van der Waals surface area contributed by atoms with Gasteiger partial charge in [-0.3, -0.25) is 5.32 Å². The molecule has 0 atom stereocenters. The topological polar surface area (TPSA) is 84.7 Å². The van der Waals surface area contributed by atoms with Crippen LogP contribution in [0.1, 0.15) is 5.56 Å². The number of nitrogens with zero attached hydrogens (tertiary/aromatic N) is 4. The molecule has 0 saturated heterocycles. The van der Waals surface area contributed by atoms with Gasteiger partial charge in [-0.25, -0.2) is 19.4 Å². The molecule has 0 radical (unpaired) electrons. The lowest BCUT2D eigenvalue weighted by Gasteiger charge is -2.13. The lowest BCUT2D eigenvalue weighted by atomic mass is 10.1.